The Labute approximate surface area is 212 Å². The van der Waals surface area contributed by atoms with Gasteiger partial charge in [-0.2, -0.15) is 0 Å². The molecule has 2 aliphatic rings. The molecule has 0 saturated carbocycles. The Morgan fingerprint density at radius 1 is 1.03 bits per heavy atom. The summed E-state index contributed by atoms with van der Waals surface area (Å²) in [4.78, 5) is 23.3. The molecule has 0 bridgehead atoms. The zero-order chi connectivity index (χ0) is 24.5. The standard InChI is InChI=1S/C28H26FN3O3S/c29-19-10-11-22-25(18-19)36-28(30-22)32(13-5-12-31-14-16-34-17-15-31)27(33)26-20-6-1-3-8-23(20)35-24-9-4-2-7-21(24)26/h1-4,6-11,18,26H,5,12-17H2. The van der Waals surface area contributed by atoms with Crippen LogP contribution in [0.1, 0.15) is 23.5 Å². The molecule has 3 heterocycles. The fraction of sp³-hybridized carbons (Fsp3) is 0.286. The Morgan fingerprint density at radius 3 is 2.44 bits per heavy atom. The number of benzene rings is 3. The quantitative estimate of drug-likeness (QED) is 0.351. The van der Waals surface area contributed by atoms with E-state index in [0.29, 0.717) is 28.7 Å². The first-order valence-electron chi connectivity index (χ1n) is 12.2. The average molecular weight is 504 g/mol. The van der Waals surface area contributed by atoms with Gasteiger partial charge in [-0.25, -0.2) is 9.37 Å². The lowest BCUT2D eigenvalue weighted by molar-refractivity contribution is -0.119. The lowest BCUT2D eigenvalue weighted by Crippen LogP contribution is -2.40. The largest absolute Gasteiger partial charge is 0.457 e. The first-order chi connectivity index (χ1) is 17.7. The number of carbonyl (C=O) groups excluding carboxylic acids is 1. The van der Waals surface area contributed by atoms with Gasteiger partial charge in [-0.05, 0) is 36.8 Å². The molecule has 0 spiro atoms. The van der Waals surface area contributed by atoms with Crippen LogP contribution in [0.4, 0.5) is 9.52 Å². The van der Waals surface area contributed by atoms with Gasteiger partial charge in [0.15, 0.2) is 5.13 Å². The third kappa shape index (κ3) is 4.48. The summed E-state index contributed by atoms with van der Waals surface area (Å²) in [5.74, 6) is 0.497. The number of ether oxygens (including phenoxy) is 2. The van der Waals surface area contributed by atoms with Crippen molar-refractivity contribution in [1.82, 2.24) is 9.88 Å². The molecule has 1 aromatic heterocycles. The molecule has 3 aromatic carbocycles. The molecule has 0 N–H and O–H groups in total. The maximum absolute atomic E-state index is 14.4. The highest BCUT2D eigenvalue weighted by Crippen LogP contribution is 2.45. The Kier molecular flexibility index (Phi) is 6.39. The van der Waals surface area contributed by atoms with Crippen LogP contribution in [-0.4, -0.2) is 55.2 Å². The number of rotatable bonds is 6. The molecule has 184 valence electrons. The number of thiazole rings is 1. The van der Waals surface area contributed by atoms with E-state index in [-0.39, 0.29) is 11.7 Å². The maximum atomic E-state index is 14.4. The summed E-state index contributed by atoms with van der Waals surface area (Å²) in [6.45, 7) is 4.65. The summed E-state index contributed by atoms with van der Waals surface area (Å²) in [7, 11) is 0. The van der Waals surface area contributed by atoms with Crippen molar-refractivity contribution in [3.8, 4) is 11.5 Å². The van der Waals surface area contributed by atoms with Crippen molar-refractivity contribution in [3.05, 3.63) is 83.7 Å². The van der Waals surface area contributed by atoms with Gasteiger partial charge in [-0.15, -0.1) is 0 Å². The normalized spacial score (nSPS) is 15.8. The Hall–Kier alpha value is -3.33. The minimum absolute atomic E-state index is 0.0558. The van der Waals surface area contributed by atoms with Crippen molar-refractivity contribution in [2.75, 3.05) is 44.3 Å². The zero-order valence-electron chi connectivity index (χ0n) is 19.7. The minimum atomic E-state index is -0.515. The lowest BCUT2D eigenvalue weighted by Gasteiger charge is -2.32. The van der Waals surface area contributed by atoms with Crippen LogP contribution in [0.5, 0.6) is 11.5 Å². The SMILES string of the molecule is O=C(C1c2ccccc2Oc2ccccc21)N(CCCN1CCOCC1)c1nc2ccc(F)cc2s1. The van der Waals surface area contributed by atoms with Gasteiger partial charge >= 0.3 is 0 Å². The van der Waals surface area contributed by atoms with Gasteiger partial charge in [0, 0.05) is 37.3 Å². The number of amides is 1. The van der Waals surface area contributed by atoms with E-state index in [1.165, 1.54) is 23.5 Å². The van der Waals surface area contributed by atoms with Crippen molar-refractivity contribution < 1.29 is 18.7 Å². The van der Waals surface area contributed by atoms with Crippen molar-refractivity contribution in [3.63, 3.8) is 0 Å². The molecule has 6 nitrogen and oxygen atoms in total. The molecule has 0 aliphatic carbocycles. The molecule has 36 heavy (non-hydrogen) atoms. The molecule has 0 radical (unpaired) electrons. The molecule has 0 atom stereocenters. The van der Waals surface area contributed by atoms with Crippen LogP contribution in [0.15, 0.2) is 66.7 Å². The number of para-hydroxylation sites is 2. The maximum Gasteiger partial charge on any atom is 0.241 e. The van der Waals surface area contributed by atoms with E-state index in [0.717, 1.165) is 55.1 Å². The number of carbonyl (C=O) groups is 1. The molecule has 4 aromatic rings. The number of aromatic nitrogens is 1. The van der Waals surface area contributed by atoms with Crippen molar-refractivity contribution in [2.24, 2.45) is 0 Å². The van der Waals surface area contributed by atoms with Crippen LogP contribution < -0.4 is 9.64 Å². The molecular formula is C28H26FN3O3S. The third-order valence-corrected chi connectivity index (χ3v) is 7.76. The van der Waals surface area contributed by atoms with Gasteiger partial charge < -0.3 is 9.47 Å². The van der Waals surface area contributed by atoms with Crippen molar-refractivity contribution in [1.29, 1.82) is 0 Å². The van der Waals surface area contributed by atoms with Crippen LogP contribution in [0.2, 0.25) is 0 Å². The van der Waals surface area contributed by atoms with E-state index in [2.05, 4.69) is 4.90 Å². The van der Waals surface area contributed by atoms with E-state index in [4.69, 9.17) is 14.5 Å². The summed E-state index contributed by atoms with van der Waals surface area (Å²) < 4.78 is 26.2. The summed E-state index contributed by atoms with van der Waals surface area (Å²) in [6.07, 6.45) is 0.794. The van der Waals surface area contributed by atoms with E-state index in [9.17, 15) is 9.18 Å². The van der Waals surface area contributed by atoms with Crippen LogP contribution in [-0.2, 0) is 9.53 Å². The average Bonchev–Trinajstić information content (AvgIpc) is 3.32. The molecule has 0 unspecified atom stereocenters. The van der Waals surface area contributed by atoms with Crippen molar-refractivity contribution >= 4 is 32.6 Å². The topological polar surface area (TPSA) is 54.9 Å². The second kappa shape index (κ2) is 9.97. The molecule has 2 aliphatic heterocycles. The first kappa shape index (κ1) is 23.1. The van der Waals surface area contributed by atoms with E-state index >= 15 is 0 Å². The van der Waals surface area contributed by atoms with E-state index < -0.39 is 5.92 Å². The molecule has 1 amide bonds. The summed E-state index contributed by atoms with van der Waals surface area (Å²) >= 11 is 1.35. The van der Waals surface area contributed by atoms with Gasteiger partial charge in [-0.3, -0.25) is 14.6 Å². The zero-order valence-corrected chi connectivity index (χ0v) is 20.5. The highest BCUT2D eigenvalue weighted by atomic mass is 32.1. The Bertz CT molecular complexity index is 1360. The second-order valence-corrected chi connectivity index (χ2v) is 10.0. The lowest BCUT2D eigenvalue weighted by atomic mass is 9.87. The van der Waals surface area contributed by atoms with E-state index in [1.54, 1.807) is 11.0 Å². The molecular weight excluding hydrogens is 477 g/mol. The number of morpholine rings is 1. The molecule has 8 heteroatoms. The summed E-state index contributed by atoms with van der Waals surface area (Å²) in [5.41, 5.74) is 2.37. The third-order valence-electron chi connectivity index (χ3n) is 6.72. The highest BCUT2D eigenvalue weighted by molar-refractivity contribution is 7.22. The Balaban J connectivity index is 1.36. The summed E-state index contributed by atoms with van der Waals surface area (Å²) in [5, 5.41) is 0.587. The monoisotopic (exact) mass is 503 g/mol. The number of nitrogens with zero attached hydrogens (tertiary/aromatic N) is 3. The van der Waals surface area contributed by atoms with Gasteiger partial charge in [0.2, 0.25) is 5.91 Å². The van der Waals surface area contributed by atoms with Crippen LogP contribution >= 0.6 is 11.3 Å². The van der Waals surface area contributed by atoms with Crippen LogP contribution in [0.3, 0.4) is 0 Å². The number of hydrogen-bond donors (Lipinski definition) is 0. The van der Waals surface area contributed by atoms with E-state index in [1.807, 2.05) is 48.5 Å². The molecule has 1 saturated heterocycles. The van der Waals surface area contributed by atoms with Crippen LogP contribution in [0, 0.1) is 5.82 Å². The van der Waals surface area contributed by atoms with Gasteiger partial charge in [-0.1, -0.05) is 47.7 Å². The van der Waals surface area contributed by atoms with Crippen molar-refractivity contribution in [2.45, 2.75) is 12.3 Å². The van der Waals surface area contributed by atoms with Gasteiger partial charge in [0.1, 0.15) is 17.3 Å². The van der Waals surface area contributed by atoms with Crippen LogP contribution in [0.25, 0.3) is 10.2 Å². The minimum Gasteiger partial charge on any atom is -0.457 e. The fourth-order valence-electron chi connectivity index (χ4n) is 4.91. The van der Waals surface area contributed by atoms with Gasteiger partial charge in [0.05, 0.1) is 29.3 Å². The molecule has 1 fully saturated rings. The second-order valence-electron chi connectivity index (χ2n) is 9.02. The fourth-order valence-corrected chi connectivity index (χ4v) is 5.93. The number of fused-ring (bicyclic) bond motifs is 3. The first-order valence-corrected chi connectivity index (χ1v) is 13.0. The van der Waals surface area contributed by atoms with Gasteiger partial charge in [0.25, 0.3) is 0 Å². The number of anilines is 1. The smallest absolute Gasteiger partial charge is 0.241 e. The Morgan fingerprint density at radius 2 is 1.72 bits per heavy atom. The number of hydrogen-bond acceptors (Lipinski definition) is 6. The molecule has 6 rings (SSSR count). The summed E-state index contributed by atoms with van der Waals surface area (Å²) in [6, 6.07) is 19.9. The predicted octanol–water partition coefficient (Wildman–Crippen LogP) is 5.43. The number of halogens is 1. The highest BCUT2D eigenvalue weighted by Gasteiger charge is 2.36. The predicted molar refractivity (Wildman–Crippen MR) is 139 cm³/mol.